The number of rotatable bonds is 9. The van der Waals surface area contributed by atoms with Gasteiger partial charge in [0.1, 0.15) is 6.04 Å². The number of ether oxygens (including phenoxy) is 1. The van der Waals surface area contributed by atoms with Crippen molar-refractivity contribution in [1.82, 2.24) is 5.32 Å². The predicted octanol–water partition coefficient (Wildman–Crippen LogP) is 3.17. The smallest absolute Gasteiger partial charge is 0.326 e. The first-order valence-electron chi connectivity index (χ1n) is 8.92. The van der Waals surface area contributed by atoms with Gasteiger partial charge < -0.3 is 15.2 Å². The number of hydrogen-bond donors (Lipinski definition) is 2. The van der Waals surface area contributed by atoms with Crippen molar-refractivity contribution in [3.63, 3.8) is 0 Å². The zero-order valence-corrected chi connectivity index (χ0v) is 16.7. The number of hydrogen-bond acceptors (Lipinski definition) is 6. The second kappa shape index (κ2) is 10.4. The number of esters is 1. The van der Waals surface area contributed by atoms with E-state index in [2.05, 4.69) is 5.32 Å². The van der Waals surface area contributed by atoms with E-state index < -0.39 is 34.7 Å². The second-order valence-corrected chi connectivity index (χ2v) is 6.64. The Kier molecular flexibility index (Phi) is 7.88. The number of halogens is 1. The molecule has 0 heterocycles. The first-order chi connectivity index (χ1) is 14.2. The van der Waals surface area contributed by atoms with Crippen LogP contribution < -0.4 is 5.32 Å². The minimum Gasteiger partial charge on any atom is -0.480 e. The van der Waals surface area contributed by atoms with Crippen LogP contribution in [0.15, 0.2) is 48.5 Å². The third kappa shape index (κ3) is 5.77. The number of carboxylic acids is 1. The number of nitro groups is 1. The van der Waals surface area contributed by atoms with Gasteiger partial charge in [0.25, 0.3) is 11.6 Å². The Morgan fingerprint density at radius 1 is 1.17 bits per heavy atom. The van der Waals surface area contributed by atoms with Crippen LogP contribution in [0.1, 0.15) is 35.2 Å². The van der Waals surface area contributed by atoms with Crippen molar-refractivity contribution in [3.8, 4) is 0 Å². The molecule has 0 saturated carbocycles. The number of aliphatic carboxylic acids is 1. The number of amides is 1. The number of nitrogens with one attached hydrogen (secondary N) is 1. The Balaban J connectivity index is 2.39. The maximum Gasteiger partial charge on any atom is 0.326 e. The van der Waals surface area contributed by atoms with Gasteiger partial charge in [-0.05, 0) is 24.6 Å². The van der Waals surface area contributed by atoms with Crippen LogP contribution >= 0.6 is 11.6 Å². The molecule has 2 rings (SSSR count). The molecule has 1 amide bonds. The van der Waals surface area contributed by atoms with Gasteiger partial charge in [-0.2, -0.15) is 0 Å². The number of carbonyl (C=O) groups is 3. The summed E-state index contributed by atoms with van der Waals surface area (Å²) in [4.78, 5) is 47.0. The highest BCUT2D eigenvalue weighted by atomic mass is 35.5. The van der Waals surface area contributed by atoms with Crippen LogP contribution in [-0.2, 0) is 14.3 Å². The van der Waals surface area contributed by atoms with Crippen LogP contribution in [0.2, 0.25) is 5.02 Å². The normalized spacial score (nSPS) is 12.5. The quantitative estimate of drug-likeness (QED) is 0.351. The zero-order valence-electron chi connectivity index (χ0n) is 15.9. The SMILES string of the molecule is CCOC(=O)C[C@H](c1ccc([N+](=O)[O-])cc1)[C@H](NC(=O)c1ccccc1Cl)C(=O)O. The van der Waals surface area contributed by atoms with E-state index in [1.165, 1.54) is 36.4 Å². The van der Waals surface area contributed by atoms with Crippen molar-refractivity contribution in [3.05, 3.63) is 74.8 Å². The van der Waals surface area contributed by atoms with Crippen LogP contribution in [0.25, 0.3) is 0 Å². The Morgan fingerprint density at radius 2 is 1.80 bits per heavy atom. The minimum absolute atomic E-state index is 0.0731. The van der Waals surface area contributed by atoms with E-state index in [1.54, 1.807) is 19.1 Å². The Bertz CT molecular complexity index is 946. The molecule has 0 aliphatic rings. The van der Waals surface area contributed by atoms with Gasteiger partial charge in [-0.3, -0.25) is 19.7 Å². The maximum absolute atomic E-state index is 12.6. The van der Waals surface area contributed by atoms with Crippen LogP contribution in [0.5, 0.6) is 0 Å². The summed E-state index contributed by atoms with van der Waals surface area (Å²) in [7, 11) is 0. The molecule has 0 fully saturated rings. The number of non-ortho nitro benzene ring substituents is 1. The number of nitrogens with zero attached hydrogens (tertiary/aromatic N) is 1. The lowest BCUT2D eigenvalue weighted by Crippen LogP contribution is -2.45. The Hall–Kier alpha value is -3.46. The molecule has 0 bridgehead atoms. The Labute approximate surface area is 176 Å². The summed E-state index contributed by atoms with van der Waals surface area (Å²) < 4.78 is 4.92. The molecule has 0 aliphatic heterocycles. The highest BCUT2D eigenvalue weighted by Crippen LogP contribution is 2.27. The van der Waals surface area contributed by atoms with Gasteiger partial charge in [0, 0.05) is 18.1 Å². The van der Waals surface area contributed by atoms with E-state index in [4.69, 9.17) is 16.3 Å². The zero-order chi connectivity index (χ0) is 22.3. The molecule has 0 aliphatic carbocycles. The summed E-state index contributed by atoms with van der Waals surface area (Å²) >= 11 is 6.01. The molecule has 0 saturated heterocycles. The summed E-state index contributed by atoms with van der Waals surface area (Å²) in [5, 5.41) is 23.2. The molecule has 0 unspecified atom stereocenters. The van der Waals surface area contributed by atoms with E-state index in [-0.39, 0.29) is 29.3 Å². The maximum atomic E-state index is 12.6. The fourth-order valence-electron chi connectivity index (χ4n) is 2.87. The van der Waals surface area contributed by atoms with E-state index in [1.807, 2.05) is 0 Å². The molecule has 0 spiro atoms. The van der Waals surface area contributed by atoms with Crippen LogP contribution in [-0.4, -0.2) is 40.5 Å². The fourth-order valence-corrected chi connectivity index (χ4v) is 3.09. The molecule has 2 atom stereocenters. The highest BCUT2D eigenvalue weighted by molar-refractivity contribution is 6.33. The summed E-state index contributed by atoms with van der Waals surface area (Å²) in [6.45, 7) is 1.70. The number of carbonyl (C=O) groups excluding carboxylic acids is 2. The predicted molar refractivity (Wildman–Crippen MR) is 107 cm³/mol. The van der Waals surface area contributed by atoms with Crippen molar-refractivity contribution < 1.29 is 29.2 Å². The third-order valence-corrected chi connectivity index (χ3v) is 4.63. The van der Waals surface area contributed by atoms with E-state index in [9.17, 15) is 29.6 Å². The monoisotopic (exact) mass is 434 g/mol. The number of nitro benzene ring substituents is 1. The molecular formula is C20H19ClN2O7. The van der Waals surface area contributed by atoms with E-state index in [0.717, 1.165) is 0 Å². The first kappa shape index (κ1) is 22.8. The molecule has 9 nitrogen and oxygen atoms in total. The lowest BCUT2D eigenvalue weighted by Gasteiger charge is -2.25. The molecule has 0 aromatic heterocycles. The van der Waals surface area contributed by atoms with Crippen LogP contribution in [0, 0.1) is 10.1 Å². The molecule has 30 heavy (non-hydrogen) atoms. The van der Waals surface area contributed by atoms with Gasteiger partial charge in [-0.1, -0.05) is 35.9 Å². The van der Waals surface area contributed by atoms with Gasteiger partial charge in [0.2, 0.25) is 0 Å². The van der Waals surface area contributed by atoms with Gasteiger partial charge in [-0.25, -0.2) is 4.79 Å². The Morgan fingerprint density at radius 3 is 2.33 bits per heavy atom. The van der Waals surface area contributed by atoms with E-state index >= 15 is 0 Å². The molecule has 2 aromatic carbocycles. The molecule has 10 heteroatoms. The summed E-state index contributed by atoms with van der Waals surface area (Å²) in [5.41, 5.74) is 0.199. The van der Waals surface area contributed by atoms with Gasteiger partial charge >= 0.3 is 11.9 Å². The standard InChI is InChI=1S/C20H19ClN2O7/c1-2-30-17(24)11-15(12-7-9-13(10-8-12)23(28)29)18(20(26)27)22-19(25)14-5-3-4-6-16(14)21/h3-10,15,18H,2,11H2,1H3,(H,22,25)(H,26,27)/t15-,18+/m1/s1. The van der Waals surface area contributed by atoms with Crippen molar-refractivity contribution in [2.75, 3.05) is 6.61 Å². The topological polar surface area (TPSA) is 136 Å². The number of carboxylic acid groups (broad SMARTS) is 1. The fraction of sp³-hybridized carbons (Fsp3) is 0.250. The van der Waals surface area contributed by atoms with Gasteiger partial charge in [0.15, 0.2) is 0 Å². The summed E-state index contributed by atoms with van der Waals surface area (Å²) in [5.74, 6) is -3.82. The minimum atomic E-state index is -1.51. The average Bonchev–Trinajstić information content (AvgIpc) is 2.70. The lowest BCUT2D eigenvalue weighted by atomic mass is 9.88. The first-order valence-corrected chi connectivity index (χ1v) is 9.30. The third-order valence-electron chi connectivity index (χ3n) is 4.30. The van der Waals surface area contributed by atoms with E-state index in [0.29, 0.717) is 5.56 Å². The van der Waals surface area contributed by atoms with Gasteiger partial charge in [-0.15, -0.1) is 0 Å². The molecule has 2 N–H and O–H groups in total. The summed E-state index contributed by atoms with van der Waals surface area (Å²) in [6, 6.07) is 9.68. The lowest BCUT2D eigenvalue weighted by molar-refractivity contribution is -0.384. The molecule has 158 valence electrons. The average molecular weight is 435 g/mol. The second-order valence-electron chi connectivity index (χ2n) is 6.23. The van der Waals surface area contributed by atoms with Crippen molar-refractivity contribution in [1.29, 1.82) is 0 Å². The largest absolute Gasteiger partial charge is 0.480 e. The molecular weight excluding hydrogens is 416 g/mol. The van der Waals surface area contributed by atoms with Crippen molar-refractivity contribution >= 4 is 35.1 Å². The van der Waals surface area contributed by atoms with Crippen molar-refractivity contribution in [2.24, 2.45) is 0 Å². The highest BCUT2D eigenvalue weighted by Gasteiger charge is 2.34. The number of benzene rings is 2. The summed E-state index contributed by atoms with van der Waals surface area (Å²) in [6.07, 6.45) is -0.356. The van der Waals surface area contributed by atoms with Crippen LogP contribution in [0.4, 0.5) is 5.69 Å². The van der Waals surface area contributed by atoms with Gasteiger partial charge in [0.05, 0.1) is 28.5 Å². The molecule has 2 aromatic rings. The molecule has 0 radical (unpaired) electrons. The van der Waals surface area contributed by atoms with Crippen molar-refractivity contribution in [2.45, 2.75) is 25.3 Å². The van der Waals surface area contributed by atoms with Crippen LogP contribution in [0.3, 0.4) is 0 Å².